The molecule has 0 aliphatic carbocycles. The van der Waals surface area contributed by atoms with Crippen molar-refractivity contribution in [3.05, 3.63) is 105 Å². The van der Waals surface area contributed by atoms with Crippen LogP contribution >= 0.6 is 23.2 Å². The van der Waals surface area contributed by atoms with Crippen LogP contribution in [-0.4, -0.2) is 28.1 Å². The van der Waals surface area contributed by atoms with Gasteiger partial charge in [0.15, 0.2) is 0 Å². The normalized spacial score (nSPS) is 15.2. The number of aromatic nitrogens is 2. The molecule has 160 valence electrons. The van der Waals surface area contributed by atoms with Crippen molar-refractivity contribution in [2.75, 3.05) is 7.11 Å². The Balaban J connectivity index is 1.60. The Morgan fingerprint density at radius 2 is 1.56 bits per heavy atom. The first-order chi connectivity index (χ1) is 15.5. The van der Waals surface area contributed by atoms with E-state index in [-0.39, 0.29) is 11.9 Å². The SMILES string of the molecule is COc1ccc(CN2C(=O)c3[nH]nc(-c4ccc(Cl)cc4)c3C2c2ccc(Cl)cc2)cc1. The second-order valence-corrected chi connectivity index (χ2v) is 8.48. The summed E-state index contributed by atoms with van der Waals surface area (Å²) in [5.74, 6) is 0.679. The molecule has 5 nitrogen and oxygen atoms in total. The van der Waals surface area contributed by atoms with E-state index in [9.17, 15) is 4.79 Å². The number of hydrogen-bond acceptors (Lipinski definition) is 3. The van der Waals surface area contributed by atoms with E-state index in [1.165, 1.54) is 0 Å². The number of H-pyrrole nitrogens is 1. The summed E-state index contributed by atoms with van der Waals surface area (Å²) in [6, 6.07) is 22.5. The Morgan fingerprint density at radius 1 is 0.938 bits per heavy atom. The number of aromatic amines is 1. The van der Waals surface area contributed by atoms with Crippen molar-refractivity contribution in [3.8, 4) is 17.0 Å². The standard InChI is InChI=1S/C25H19Cl2N3O2/c1-32-20-12-2-15(3-13-20)14-30-24(17-6-10-19(27)11-7-17)21-22(28-29-23(21)25(30)31)16-4-8-18(26)9-5-16/h2-13,24H,14H2,1H3,(H,28,29). The monoisotopic (exact) mass is 463 g/mol. The minimum Gasteiger partial charge on any atom is -0.497 e. The van der Waals surface area contributed by atoms with E-state index < -0.39 is 0 Å². The van der Waals surface area contributed by atoms with Crippen LogP contribution in [0.2, 0.25) is 10.0 Å². The Kier molecular flexibility index (Phi) is 5.37. The van der Waals surface area contributed by atoms with E-state index in [0.717, 1.165) is 33.7 Å². The number of hydrogen-bond donors (Lipinski definition) is 1. The van der Waals surface area contributed by atoms with Gasteiger partial charge in [0.2, 0.25) is 0 Å². The molecule has 4 aromatic rings. The molecule has 1 aliphatic rings. The van der Waals surface area contributed by atoms with Crippen molar-refractivity contribution >= 4 is 29.1 Å². The number of nitrogens with one attached hydrogen (secondary N) is 1. The summed E-state index contributed by atoms with van der Waals surface area (Å²) in [7, 11) is 1.63. The molecule has 0 fully saturated rings. The van der Waals surface area contributed by atoms with Gasteiger partial charge >= 0.3 is 0 Å². The maximum absolute atomic E-state index is 13.5. The molecule has 5 rings (SSSR count). The molecule has 3 aromatic carbocycles. The van der Waals surface area contributed by atoms with Crippen LogP contribution in [0.3, 0.4) is 0 Å². The molecule has 7 heteroatoms. The van der Waals surface area contributed by atoms with Gasteiger partial charge in [-0.25, -0.2) is 0 Å². The third kappa shape index (κ3) is 3.64. The largest absolute Gasteiger partial charge is 0.497 e. The third-order valence-electron chi connectivity index (χ3n) is 5.68. The van der Waals surface area contributed by atoms with Crippen LogP contribution < -0.4 is 4.74 Å². The molecule has 0 spiro atoms. The molecule has 0 radical (unpaired) electrons. The predicted molar refractivity (Wildman–Crippen MR) is 125 cm³/mol. The van der Waals surface area contributed by atoms with Gasteiger partial charge in [0.1, 0.15) is 11.4 Å². The minimum absolute atomic E-state index is 0.0940. The summed E-state index contributed by atoms with van der Waals surface area (Å²) in [5.41, 5.74) is 4.96. The van der Waals surface area contributed by atoms with Gasteiger partial charge in [-0.05, 0) is 47.5 Å². The molecule has 1 unspecified atom stereocenters. The lowest BCUT2D eigenvalue weighted by Crippen LogP contribution is -2.29. The summed E-state index contributed by atoms with van der Waals surface area (Å²) in [5, 5.41) is 8.75. The molecule has 0 saturated carbocycles. The number of carbonyl (C=O) groups is 1. The highest BCUT2D eigenvalue weighted by Gasteiger charge is 2.42. The van der Waals surface area contributed by atoms with Crippen molar-refractivity contribution < 1.29 is 9.53 Å². The highest BCUT2D eigenvalue weighted by atomic mass is 35.5. The zero-order valence-electron chi connectivity index (χ0n) is 17.2. The molecule has 32 heavy (non-hydrogen) atoms. The summed E-state index contributed by atoms with van der Waals surface area (Å²) in [6.45, 7) is 0.443. The van der Waals surface area contributed by atoms with Crippen LogP contribution in [0.15, 0.2) is 72.8 Å². The van der Waals surface area contributed by atoms with E-state index in [1.54, 1.807) is 7.11 Å². The summed E-state index contributed by atoms with van der Waals surface area (Å²) in [4.78, 5) is 15.3. The zero-order chi connectivity index (χ0) is 22.2. The van der Waals surface area contributed by atoms with Gasteiger partial charge in [0, 0.05) is 27.7 Å². The van der Waals surface area contributed by atoms with Crippen LogP contribution in [0, 0.1) is 0 Å². The number of nitrogens with zero attached hydrogens (tertiary/aromatic N) is 2. The third-order valence-corrected chi connectivity index (χ3v) is 6.18. The summed E-state index contributed by atoms with van der Waals surface area (Å²) >= 11 is 12.2. The summed E-state index contributed by atoms with van der Waals surface area (Å²) < 4.78 is 5.26. The minimum atomic E-state index is -0.304. The van der Waals surface area contributed by atoms with Crippen molar-refractivity contribution in [1.82, 2.24) is 15.1 Å². The van der Waals surface area contributed by atoms with E-state index in [2.05, 4.69) is 10.2 Å². The molecular weight excluding hydrogens is 445 g/mol. The molecule has 2 heterocycles. The fourth-order valence-electron chi connectivity index (χ4n) is 4.11. The second-order valence-electron chi connectivity index (χ2n) is 7.60. The van der Waals surface area contributed by atoms with Gasteiger partial charge in [-0.15, -0.1) is 0 Å². The van der Waals surface area contributed by atoms with Crippen LogP contribution in [0.5, 0.6) is 5.75 Å². The average Bonchev–Trinajstić information content (AvgIpc) is 3.35. The van der Waals surface area contributed by atoms with E-state index in [0.29, 0.717) is 22.3 Å². The number of methoxy groups -OCH3 is 1. The zero-order valence-corrected chi connectivity index (χ0v) is 18.7. The van der Waals surface area contributed by atoms with Crippen LogP contribution in [-0.2, 0) is 6.54 Å². The van der Waals surface area contributed by atoms with Gasteiger partial charge in [-0.2, -0.15) is 5.10 Å². The van der Waals surface area contributed by atoms with E-state index in [4.69, 9.17) is 27.9 Å². The molecule has 0 bridgehead atoms. The number of rotatable bonds is 5. The molecule has 1 atom stereocenters. The number of ether oxygens (including phenoxy) is 1. The van der Waals surface area contributed by atoms with Crippen molar-refractivity contribution in [1.29, 1.82) is 0 Å². The number of amides is 1. The molecule has 1 amide bonds. The summed E-state index contributed by atoms with van der Waals surface area (Å²) in [6.07, 6.45) is 0. The van der Waals surface area contributed by atoms with Crippen molar-refractivity contribution in [3.63, 3.8) is 0 Å². The lowest BCUT2D eigenvalue weighted by Gasteiger charge is -2.26. The first-order valence-corrected chi connectivity index (χ1v) is 10.8. The number of benzene rings is 3. The Hall–Kier alpha value is -3.28. The maximum atomic E-state index is 13.5. The van der Waals surface area contributed by atoms with Gasteiger partial charge < -0.3 is 9.64 Å². The fourth-order valence-corrected chi connectivity index (χ4v) is 4.36. The highest BCUT2D eigenvalue weighted by molar-refractivity contribution is 6.30. The molecule has 1 aliphatic heterocycles. The van der Waals surface area contributed by atoms with Gasteiger partial charge in [-0.3, -0.25) is 9.89 Å². The van der Waals surface area contributed by atoms with Crippen LogP contribution in [0.4, 0.5) is 0 Å². The molecule has 1 aromatic heterocycles. The predicted octanol–water partition coefficient (Wildman–Crippen LogP) is 6.14. The van der Waals surface area contributed by atoms with Crippen LogP contribution in [0.1, 0.15) is 33.2 Å². The second kappa shape index (κ2) is 8.34. The quantitative estimate of drug-likeness (QED) is 0.386. The number of halogens is 2. The Bertz CT molecular complexity index is 1270. The van der Waals surface area contributed by atoms with Crippen LogP contribution in [0.25, 0.3) is 11.3 Å². The van der Waals surface area contributed by atoms with Gasteiger partial charge in [0.05, 0.1) is 18.8 Å². The number of fused-ring (bicyclic) bond motifs is 1. The van der Waals surface area contributed by atoms with E-state index >= 15 is 0 Å². The lowest BCUT2D eigenvalue weighted by atomic mass is 9.96. The van der Waals surface area contributed by atoms with E-state index in [1.807, 2.05) is 77.7 Å². The highest BCUT2D eigenvalue weighted by Crippen LogP contribution is 2.43. The topological polar surface area (TPSA) is 58.2 Å². The molecule has 0 saturated heterocycles. The maximum Gasteiger partial charge on any atom is 0.273 e. The van der Waals surface area contributed by atoms with Crippen molar-refractivity contribution in [2.45, 2.75) is 12.6 Å². The van der Waals surface area contributed by atoms with Crippen molar-refractivity contribution in [2.24, 2.45) is 0 Å². The Labute approximate surface area is 195 Å². The molecular formula is C25H19Cl2N3O2. The average molecular weight is 464 g/mol. The van der Waals surface area contributed by atoms with Gasteiger partial charge in [0.25, 0.3) is 5.91 Å². The molecule has 1 N–H and O–H groups in total. The number of carbonyl (C=O) groups excluding carboxylic acids is 1. The first kappa shape index (κ1) is 20.6. The smallest absolute Gasteiger partial charge is 0.273 e. The lowest BCUT2D eigenvalue weighted by molar-refractivity contribution is 0.0730. The van der Waals surface area contributed by atoms with Gasteiger partial charge in [-0.1, -0.05) is 59.6 Å². The Morgan fingerprint density at radius 3 is 2.19 bits per heavy atom. The first-order valence-electron chi connectivity index (χ1n) is 10.1. The fraction of sp³-hybridized carbons (Fsp3) is 0.120.